The van der Waals surface area contributed by atoms with Crippen molar-refractivity contribution in [2.24, 2.45) is 0 Å². The average Bonchev–Trinajstić information content (AvgIpc) is 2.94. The first-order chi connectivity index (χ1) is 8.83. The van der Waals surface area contributed by atoms with Crippen LogP contribution in [0, 0.1) is 0 Å². The topological polar surface area (TPSA) is 32.3 Å². The van der Waals surface area contributed by atoms with Crippen LogP contribution in [0.1, 0.15) is 37.3 Å². The minimum Gasteiger partial charge on any atom is -0.355 e. The Bertz CT molecular complexity index is 393. The molecule has 4 nitrogen and oxygen atoms in total. The molecule has 2 aliphatic rings. The summed E-state index contributed by atoms with van der Waals surface area (Å²) >= 11 is 0. The van der Waals surface area contributed by atoms with E-state index in [0.29, 0.717) is 5.92 Å². The maximum atomic E-state index is 4.85. The zero-order valence-corrected chi connectivity index (χ0v) is 11.2. The molecule has 0 aliphatic carbocycles. The Kier molecular flexibility index (Phi) is 3.46. The molecule has 0 bridgehead atoms. The van der Waals surface area contributed by atoms with Crippen molar-refractivity contribution in [3.8, 4) is 0 Å². The quantitative estimate of drug-likeness (QED) is 0.797. The molecule has 2 saturated heterocycles. The number of hydrogen-bond acceptors (Lipinski definition) is 4. The van der Waals surface area contributed by atoms with E-state index in [4.69, 9.17) is 4.98 Å². The lowest BCUT2D eigenvalue weighted by Crippen LogP contribution is -2.30. The smallest absolute Gasteiger partial charge is 0.147 e. The fourth-order valence-corrected chi connectivity index (χ4v) is 2.97. The maximum absolute atomic E-state index is 4.85. The predicted molar refractivity (Wildman–Crippen MR) is 73.0 cm³/mol. The fraction of sp³-hybridized carbons (Fsp3) is 0.714. The molecule has 3 heterocycles. The normalized spacial score (nSPS) is 22.6. The summed E-state index contributed by atoms with van der Waals surface area (Å²) in [5.74, 6) is 1.69. The van der Waals surface area contributed by atoms with Crippen molar-refractivity contribution in [3.05, 3.63) is 18.1 Å². The van der Waals surface area contributed by atoms with Gasteiger partial charge in [0.2, 0.25) is 0 Å². The highest BCUT2D eigenvalue weighted by atomic mass is 15.2. The van der Waals surface area contributed by atoms with Crippen molar-refractivity contribution in [3.63, 3.8) is 0 Å². The average molecular weight is 246 g/mol. The van der Waals surface area contributed by atoms with Crippen molar-refractivity contribution in [2.75, 3.05) is 38.1 Å². The van der Waals surface area contributed by atoms with Crippen LogP contribution < -0.4 is 4.90 Å². The van der Waals surface area contributed by atoms with Gasteiger partial charge in [0, 0.05) is 25.2 Å². The SMILES string of the molecule is CN1CCC(c2cncc(N3CCCC3)n2)CC1. The van der Waals surface area contributed by atoms with E-state index in [0.717, 1.165) is 18.9 Å². The maximum Gasteiger partial charge on any atom is 0.147 e. The van der Waals surface area contributed by atoms with Crippen molar-refractivity contribution in [1.82, 2.24) is 14.9 Å². The summed E-state index contributed by atoms with van der Waals surface area (Å²) in [4.78, 5) is 14.0. The van der Waals surface area contributed by atoms with E-state index in [1.165, 1.54) is 44.5 Å². The number of hydrogen-bond donors (Lipinski definition) is 0. The van der Waals surface area contributed by atoms with Crippen LogP contribution in [0.3, 0.4) is 0 Å². The summed E-state index contributed by atoms with van der Waals surface area (Å²) in [5, 5.41) is 0. The Morgan fingerprint density at radius 2 is 1.78 bits per heavy atom. The molecular formula is C14H22N4. The van der Waals surface area contributed by atoms with Crippen LogP contribution in [-0.2, 0) is 0 Å². The van der Waals surface area contributed by atoms with Crippen LogP contribution in [0.5, 0.6) is 0 Å². The van der Waals surface area contributed by atoms with Gasteiger partial charge in [0.25, 0.3) is 0 Å². The third-order valence-corrected chi connectivity index (χ3v) is 4.21. The number of likely N-dealkylation sites (tertiary alicyclic amines) is 1. The largest absolute Gasteiger partial charge is 0.355 e. The molecule has 0 unspecified atom stereocenters. The van der Waals surface area contributed by atoms with Gasteiger partial charge >= 0.3 is 0 Å². The lowest BCUT2D eigenvalue weighted by atomic mass is 9.94. The van der Waals surface area contributed by atoms with Crippen LogP contribution in [0.4, 0.5) is 5.82 Å². The lowest BCUT2D eigenvalue weighted by Gasteiger charge is -2.28. The van der Waals surface area contributed by atoms with Gasteiger partial charge in [-0.2, -0.15) is 0 Å². The highest BCUT2D eigenvalue weighted by Crippen LogP contribution is 2.27. The van der Waals surface area contributed by atoms with Crippen molar-refractivity contribution < 1.29 is 0 Å². The van der Waals surface area contributed by atoms with E-state index in [1.807, 2.05) is 12.4 Å². The van der Waals surface area contributed by atoms with Crippen molar-refractivity contribution in [2.45, 2.75) is 31.6 Å². The highest BCUT2D eigenvalue weighted by Gasteiger charge is 2.21. The molecule has 1 aromatic heterocycles. The lowest BCUT2D eigenvalue weighted by molar-refractivity contribution is 0.253. The first-order valence-electron chi connectivity index (χ1n) is 7.08. The van der Waals surface area contributed by atoms with Gasteiger partial charge in [-0.1, -0.05) is 0 Å². The number of rotatable bonds is 2. The first kappa shape index (κ1) is 11.9. The Labute approximate surface area is 109 Å². The van der Waals surface area contributed by atoms with E-state index in [1.54, 1.807) is 0 Å². The molecule has 0 spiro atoms. The summed E-state index contributed by atoms with van der Waals surface area (Å²) in [5.41, 5.74) is 1.20. The monoisotopic (exact) mass is 246 g/mol. The van der Waals surface area contributed by atoms with Crippen LogP contribution in [-0.4, -0.2) is 48.1 Å². The van der Waals surface area contributed by atoms with Gasteiger partial charge in [0.15, 0.2) is 0 Å². The molecule has 2 fully saturated rings. The standard InChI is InChI=1S/C14H22N4/c1-17-8-4-12(5-9-17)13-10-15-11-14(16-13)18-6-2-3-7-18/h10-12H,2-9H2,1H3. The Hall–Kier alpha value is -1.16. The number of anilines is 1. The molecule has 1 aromatic rings. The van der Waals surface area contributed by atoms with Gasteiger partial charge < -0.3 is 9.80 Å². The van der Waals surface area contributed by atoms with E-state index >= 15 is 0 Å². The van der Waals surface area contributed by atoms with E-state index in [2.05, 4.69) is 21.8 Å². The second-order valence-electron chi connectivity index (χ2n) is 5.57. The second-order valence-corrected chi connectivity index (χ2v) is 5.57. The van der Waals surface area contributed by atoms with Crippen LogP contribution in [0.25, 0.3) is 0 Å². The zero-order chi connectivity index (χ0) is 12.4. The summed E-state index contributed by atoms with van der Waals surface area (Å²) in [6.45, 7) is 4.65. The molecule has 0 radical (unpaired) electrons. The Morgan fingerprint density at radius 1 is 1.06 bits per heavy atom. The van der Waals surface area contributed by atoms with Crippen molar-refractivity contribution in [1.29, 1.82) is 0 Å². The third-order valence-electron chi connectivity index (χ3n) is 4.21. The van der Waals surface area contributed by atoms with Crippen LogP contribution in [0.15, 0.2) is 12.4 Å². The number of piperidine rings is 1. The van der Waals surface area contributed by atoms with Gasteiger partial charge in [-0.15, -0.1) is 0 Å². The molecule has 98 valence electrons. The van der Waals surface area contributed by atoms with Gasteiger partial charge in [-0.05, 0) is 45.8 Å². The molecule has 0 amide bonds. The van der Waals surface area contributed by atoms with E-state index < -0.39 is 0 Å². The second kappa shape index (κ2) is 5.22. The summed E-state index contributed by atoms with van der Waals surface area (Å²) in [6.07, 6.45) is 8.91. The van der Waals surface area contributed by atoms with Crippen molar-refractivity contribution >= 4 is 5.82 Å². The van der Waals surface area contributed by atoms with Gasteiger partial charge in [-0.25, -0.2) is 4.98 Å². The predicted octanol–water partition coefficient (Wildman–Crippen LogP) is 1.89. The van der Waals surface area contributed by atoms with E-state index in [9.17, 15) is 0 Å². The molecule has 18 heavy (non-hydrogen) atoms. The minimum absolute atomic E-state index is 0.608. The molecular weight excluding hydrogens is 224 g/mol. The van der Waals surface area contributed by atoms with E-state index in [-0.39, 0.29) is 0 Å². The third kappa shape index (κ3) is 2.48. The first-order valence-corrected chi connectivity index (χ1v) is 7.08. The molecule has 0 aromatic carbocycles. The zero-order valence-electron chi connectivity index (χ0n) is 11.2. The molecule has 0 atom stereocenters. The summed E-state index contributed by atoms with van der Waals surface area (Å²) in [7, 11) is 2.20. The Morgan fingerprint density at radius 3 is 2.50 bits per heavy atom. The molecule has 3 rings (SSSR count). The Balaban J connectivity index is 1.74. The fourth-order valence-electron chi connectivity index (χ4n) is 2.97. The molecule has 4 heteroatoms. The molecule has 0 N–H and O–H groups in total. The summed E-state index contributed by atoms with van der Waals surface area (Å²) < 4.78 is 0. The highest BCUT2D eigenvalue weighted by molar-refractivity contribution is 5.37. The van der Waals surface area contributed by atoms with Gasteiger partial charge in [0.1, 0.15) is 5.82 Å². The molecule has 0 saturated carbocycles. The van der Waals surface area contributed by atoms with Crippen LogP contribution >= 0.6 is 0 Å². The minimum atomic E-state index is 0.608. The number of nitrogens with zero attached hydrogens (tertiary/aromatic N) is 4. The number of aromatic nitrogens is 2. The molecule has 2 aliphatic heterocycles. The summed E-state index contributed by atoms with van der Waals surface area (Å²) in [6, 6.07) is 0. The van der Waals surface area contributed by atoms with Crippen LogP contribution in [0.2, 0.25) is 0 Å². The van der Waals surface area contributed by atoms with Gasteiger partial charge in [-0.3, -0.25) is 4.98 Å². The van der Waals surface area contributed by atoms with Gasteiger partial charge in [0.05, 0.1) is 11.9 Å².